The van der Waals surface area contributed by atoms with Gasteiger partial charge in [-0.05, 0) is 29.7 Å². The Kier molecular flexibility index (Phi) is 4.85. The summed E-state index contributed by atoms with van der Waals surface area (Å²) in [4.78, 5) is 37.5. The summed E-state index contributed by atoms with van der Waals surface area (Å²) in [7, 11) is 0. The van der Waals surface area contributed by atoms with Crippen molar-refractivity contribution in [3.8, 4) is 5.75 Å². The van der Waals surface area contributed by atoms with Gasteiger partial charge in [0.25, 0.3) is 0 Å². The number of ether oxygens (including phenoxy) is 1. The fourth-order valence-corrected chi connectivity index (χ4v) is 3.38. The van der Waals surface area contributed by atoms with E-state index < -0.39 is 17.5 Å². The highest BCUT2D eigenvalue weighted by atomic mass is 16.5. The van der Waals surface area contributed by atoms with E-state index >= 15 is 0 Å². The molecular weight excluding hydrogens is 352 g/mol. The second-order valence-corrected chi connectivity index (χ2v) is 6.78. The van der Waals surface area contributed by atoms with Gasteiger partial charge >= 0.3 is 0 Å². The number of ketones is 3. The molecule has 3 aromatic rings. The zero-order valence-corrected chi connectivity index (χ0v) is 15.1. The van der Waals surface area contributed by atoms with Crippen LogP contribution in [-0.4, -0.2) is 17.3 Å². The van der Waals surface area contributed by atoms with Gasteiger partial charge in [0.2, 0.25) is 11.6 Å². The second kappa shape index (κ2) is 7.61. The zero-order chi connectivity index (χ0) is 19.5. The number of Topliss-reactive ketones (excluding diaryl/α,β-unsaturated/α-hetero) is 3. The molecule has 28 heavy (non-hydrogen) atoms. The lowest BCUT2D eigenvalue weighted by Crippen LogP contribution is -2.38. The average Bonchev–Trinajstić information content (AvgIpc) is 2.75. The van der Waals surface area contributed by atoms with E-state index in [0.717, 1.165) is 11.1 Å². The first-order valence-electron chi connectivity index (χ1n) is 9.11. The Morgan fingerprint density at radius 3 is 2.00 bits per heavy atom. The molecule has 0 spiro atoms. The molecule has 4 nitrogen and oxygen atoms in total. The van der Waals surface area contributed by atoms with Crippen LogP contribution in [0.3, 0.4) is 0 Å². The number of carbonyl (C=O) groups is 3. The van der Waals surface area contributed by atoms with E-state index in [0.29, 0.717) is 17.9 Å². The first kappa shape index (κ1) is 17.9. The number of rotatable bonds is 5. The maximum Gasteiger partial charge on any atom is 0.230 e. The number of benzene rings is 3. The molecule has 0 radical (unpaired) electrons. The van der Waals surface area contributed by atoms with Gasteiger partial charge in [-0.15, -0.1) is 0 Å². The minimum Gasteiger partial charge on any atom is -0.489 e. The fourth-order valence-electron chi connectivity index (χ4n) is 3.38. The van der Waals surface area contributed by atoms with Crippen molar-refractivity contribution in [2.45, 2.75) is 13.0 Å². The first-order chi connectivity index (χ1) is 13.6. The molecule has 1 atom stereocenters. The zero-order valence-electron chi connectivity index (χ0n) is 15.1. The third kappa shape index (κ3) is 3.49. The number of hydrogen-bond acceptors (Lipinski definition) is 4. The number of hydrogen-bond donors (Lipinski definition) is 0. The Morgan fingerprint density at radius 1 is 0.643 bits per heavy atom. The summed E-state index contributed by atoms with van der Waals surface area (Å²) in [5, 5.41) is 0. The summed E-state index contributed by atoms with van der Waals surface area (Å²) in [6.45, 7) is 0.463. The summed E-state index contributed by atoms with van der Waals surface area (Å²) in [6, 6.07) is 23.6. The minimum absolute atomic E-state index is 0.205. The Morgan fingerprint density at radius 2 is 1.29 bits per heavy atom. The Bertz CT molecular complexity index is 1040. The molecule has 0 aliphatic heterocycles. The molecule has 0 heterocycles. The molecule has 1 aliphatic rings. The third-order valence-corrected chi connectivity index (χ3v) is 4.91. The van der Waals surface area contributed by atoms with Crippen LogP contribution in [0.15, 0.2) is 78.9 Å². The first-order valence-corrected chi connectivity index (χ1v) is 9.11. The lowest BCUT2D eigenvalue weighted by molar-refractivity contribution is -0.117. The van der Waals surface area contributed by atoms with Gasteiger partial charge in [-0.2, -0.15) is 0 Å². The maximum atomic E-state index is 12.7. The lowest BCUT2D eigenvalue weighted by atomic mass is 9.78. The average molecular weight is 370 g/mol. The van der Waals surface area contributed by atoms with Crippen molar-refractivity contribution >= 4 is 17.3 Å². The normalized spacial score (nSPS) is 16.0. The van der Waals surface area contributed by atoms with Gasteiger partial charge in [-0.25, -0.2) is 0 Å². The van der Waals surface area contributed by atoms with Crippen LogP contribution >= 0.6 is 0 Å². The smallest absolute Gasteiger partial charge is 0.230 e. The summed E-state index contributed by atoms with van der Waals surface area (Å²) in [5.41, 5.74) is 2.42. The van der Waals surface area contributed by atoms with E-state index in [1.165, 1.54) is 6.07 Å². The standard InChI is InChI=1S/C24H18O4/c25-22-19-8-4-5-9-20(19)23(26)24(27)21(22)14-16-10-12-18(13-11-16)28-15-17-6-2-1-3-7-17/h1-13,21H,14-15H2. The summed E-state index contributed by atoms with van der Waals surface area (Å²) in [6.07, 6.45) is 0.205. The monoisotopic (exact) mass is 370 g/mol. The molecule has 4 heteroatoms. The van der Waals surface area contributed by atoms with Crippen molar-refractivity contribution in [3.05, 3.63) is 101 Å². The van der Waals surface area contributed by atoms with Crippen LogP contribution in [0.25, 0.3) is 0 Å². The van der Waals surface area contributed by atoms with Crippen LogP contribution in [0.5, 0.6) is 5.75 Å². The van der Waals surface area contributed by atoms with Crippen LogP contribution in [0.4, 0.5) is 0 Å². The molecule has 0 saturated heterocycles. The molecule has 1 aliphatic carbocycles. The van der Waals surface area contributed by atoms with Crippen LogP contribution < -0.4 is 4.74 Å². The van der Waals surface area contributed by atoms with E-state index in [2.05, 4.69) is 0 Å². The van der Waals surface area contributed by atoms with Crippen molar-refractivity contribution in [3.63, 3.8) is 0 Å². The van der Waals surface area contributed by atoms with Crippen LogP contribution in [0, 0.1) is 5.92 Å². The number of fused-ring (bicyclic) bond motifs is 1. The molecule has 0 aromatic heterocycles. The minimum atomic E-state index is -0.960. The Labute approximate surface area is 162 Å². The lowest BCUT2D eigenvalue weighted by Gasteiger charge is -2.21. The van der Waals surface area contributed by atoms with Crippen molar-refractivity contribution < 1.29 is 19.1 Å². The van der Waals surface area contributed by atoms with Gasteiger partial charge in [-0.3, -0.25) is 14.4 Å². The highest BCUT2D eigenvalue weighted by Gasteiger charge is 2.39. The predicted molar refractivity (Wildman–Crippen MR) is 105 cm³/mol. The second-order valence-electron chi connectivity index (χ2n) is 6.78. The molecule has 138 valence electrons. The molecule has 0 saturated carbocycles. The summed E-state index contributed by atoms with van der Waals surface area (Å²) in [5.74, 6) is -1.76. The van der Waals surface area contributed by atoms with Gasteiger partial charge in [-0.1, -0.05) is 66.7 Å². The SMILES string of the molecule is O=C1C(=O)C(Cc2ccc(OCc3ccccc3)cc2)C(=O)c2ccccc21. The molecule has 0 fully saturated rings. The largest absolute Gasteiger partial charge is 0.489 e. The van der Waals surface area contributed by atoms with E-state index in [1.807, 2.05) is 54.6 Å². The number of carbonyl (C=O) groups excluding carboxylic acids is 3. The van der Waals surface area contributed by atoms with Crippen molar-refractivity contribution in [2.24, 2.45) is 5.92 Å². The quantitative estimate of drug-likeness (QED) is 0.502. The van der Waals surface area contributed by atoms with E-state index in [9.17, 15) is 14.4 Å². The molecule has 3 aromatic carbocycles. The van der Waals surface area contributed by atoms with Gasteiger partial charge in [0.15, 0.2) is 5.78 Å². The molecular formula is C24H18O4. The molecule has 0 N–H and O–H groups in total. The van der Waals surface area contributed by atoms with Gasteiger partial charge < -0.3 is 4.74 Å². The predicted octanol–water partition coefficient (Wildman–Crippen LogP) is 4.07. The molecule has 1 unspecified atom stereocenters. The van der Waals surface area contributed by atoms with Crippen LogP contribution in [-0.2, 0) is 17.8 Å². The van der Waals surface area contributed by atoms with Crippen LogP contribution in [0.2, 0.25) is 0 Å². The van der Waals surface area contributed by atoms with Crippen LogP contribution in [0.1, 0.15) is 31.8 Å². The Balaban J connectivity index is 1.46. The third-order valence-electron chi connectivity index (χ3n) is 4.91. The van der Waals surface area contributed by atoms with Crippen molar-refractivity contribution in [2.75, 3.05) is 0 Å². The Hall–Kier alpha value is -3.53. The summed E-state index contributed by atoms with van der Waals surface area (Å²) < 4.78 is 5.75. The van der Waals surface area contributed by atoms with Gasteiger partial charge in [0, 0.05) is 11.1 Å². The van der Waals surface area contributed by atoms with Gasteiger partial charge in [0.1, 0.15) is 12.4 Å². The molecule has 4 rings (SSSR count). The van der Waals surface area contributed by atoms with E-state index in [1.54, 1.807) is 18.2 Å². The topological polar surface area (TPSA) is 60.4 Å². The van der Waals surface area contributed by atoms with Crippen molar-refractivity contribution in [1.29, 1.82) is 0 Å². The van der Waals surface area contributed by atoms with E-state index in [4.69, 9.17) is 4.74 Å². The highest BCUT2D eigenvalue weighted by Crippen LogP contribution is 2.26. The molecule has 0 bridgehead atoms. The molecule has 0 amide bonds. The van der Waals surface area contributed by atoms with Crippen molar-refractivity contribution in [1.82, 2.24) is 0 Å². The highest BCUT2D eigenvalue weighted by molar-refractivity contribution is 6.51. The van der Waals surface area contributed by atoms with Gasteiger partial charge in [0.05, 0.1) is 5.92 Å². The fraction of sp³-hybridized carbons (Fsp3) is 0.125. The summed E-state index contributed by atoms with van der Waals surface area (Å²) >= 11 is 0. The van der Waals surface area contributed by atoms with E-state index in [-0.39, 0.29) is 17.8 Å². The maximum absolute atomic E-state index is 12.7.